The molecule has 0 unspecified atom stereocenters. The Labute approximate surface area is 217 Å². The number of carbonyl (C=O) groups excluding carboxylic acids is 1. The molecule has 0 saturated heterocycles. The zero-order chi connectivity index (χ0) is 26.0. The Morgan fingerprint density at radius 2 is 1.97 bits per heavy atom. The molecule has 0 aliphatic carbocycles. The predicted octanol–water partition coefficient (Wildman–Crippen LogP) is 4.17. The average Bonchev–Trinajstić information content (AvgIpc) is 3.13. The van der Waals surface area contributed by atoms with Crippen molar-refractivity contribution in [1.29, 1.82) is 0 Å². The van der Waals surface area contributed by atoms with Crippen LogP contribution < -0.4 is 24.4 Å². The van der Waals surface area contributed by atoms with E-state index in [1.165, 1.54) is 28.0 Å². The third-order valence-electron chi connectivity index (χ3n) is 5.41. The highest BCUT2D eigenvalue weighted by atomic mass is 79.9. The van der Waals surface area contributed by atoms with Crippen molar-refractivity contribution in [2.75, 3.05) is 13.7 Å². The van der Waals surface area contributed by atoms with Crippen molar-refractivity contribution in [3.63, 3.8) is 0 Å². The summed E-state index contributed by atoms with van der Waals surface area (Å²) < 4.78 is 42.4. The predicted molar refractivity (Wildman–Crippen MR) is 134 cm³/mol. The molecule has 0 spiro atoms. The van der Waals surface area contributed by atoms with Crippen molar-refractivity contribution in [1.82, 2.24) is 4.57 Å². The zero-order valence-electron chi connectivity index (χ0n) is 19.5. The molecule has 0 saturated carbocycles. The Kier molecular flexibility index (Phi) is 7.70. The molecule has 0 N–H and O–H groups in total. The molecule has 1 aromatic heterocycles. The van der Waals surface area contributed by atoms with Crippen LogP contribution in [0.15, 0.2) is 68.0 Å². The summed E-state index contributed by atoms with van der Waals surface area (Å²) in [5.74, 6) is 0.0618. The van der Waals surface area contributed by atoms with Crippen molar-refractivity contribution in [3.8, 4) is 11.5 Å². The van der Waals surface area contributed by atoms with Crippen LogP contribution in [0.2, 0.25) is 0 Å². The normalized spacial score (nSPS) is 15.5. The third kappa shape index (κ3) is 5.12. The summed E-state index contributed by atoms with van der Waals surface area (Å²) in [6.07, 6.45) is 1.64. The second-order valence-corrected chi connectivity index (χ2v) is 9.51. The van der Waals surface area contributed by atoms with Gasteiger partial charge in [-0.15, -0.1) is 0 Å². The first-order valence-corrected chi connectivity index (χ1v) is 12.4. The van der Waals surface area contributed by atoms with E-state index in [-0.39, 0.29) is 23.5 Å². The third-order valence-corrected chi connectivity index (χ3v) is 7.01. The van der Waals surface area contributed by atoms with Gasteiger partial charge in [0.1, 0.15) is 11.5 Å². The molecule has 7 nitrogen and oxygen atoms in total. The van der Waals surface area contributed by atoms with Gasteiger partial charge in [-0.1, -0.05) is 29.5 Å². The number of allylic oxidation sites excluding steroid dienone is 1. The largest absolute Gasteiger partial charge is 0.496 e. The molecule has 2 heterocycles. The molecule has 36 heavy (non-hydrogen) atoms. The number of nitrogens with zero attached hydrogens (tertiary/aromatic N) is 2. The Hall–Kier alpha value is -3.31. The van der Waals surface area contributed by atoms with E-state index in [0.29, 0.717) is 36.4 Å². The Morgan fingerprint density at radius 1 is 1.25 bits per heavy atom. The molecule has 0 fully saturated rings. The van der Waals surface area contributed by atoms with Crippen LogP contribution in [-0.4, -0.2) is 30.9 Å². The summed E-state index contributed by atoms with van der Waals surface area (Å²) >= 11 is 4.64. The second-order valence-electron chi connectivity index (χ2n) is 7.64. The van der Waals surface area contributed by atoms with Crippen LogP contribution in [0.5, 0.6) is 11.5 Å². The van der Waals surface area contributed by atoms with Crippen LogP contribution in [0.25, 0.3) is 6.08 Å². The number of halogens is 3. The monoisotopic (exact) mass is 578 g/mol. The zero-order valence-corrected chi connectivity index (χ0v) is 21.9. The molecule has 188 valence electrons. The van der Waals surface area contributed by atoms with Gasteiger partial charge in [0, 0.05) is 0 Å². The summed E-state index contributed by atoms with van der Waals surface area (Å²) in [6.45, 7) is 0.662. The molecule has 1 atom stereocenters. The van der Waals surface area contributed by atoms with Gasteiger partial charge in [-0.05, 0) is 71.2 Å². The number of rotatable bonds is 7. The standard InChI is InChI=1S/C25H21BrF2N2O5S/c1-4-34-23(32)20-13(2)29-25-30(21(20)15-7-10-18(33-3)17(26)12-15)22(31)19(36-25)11-14-5-8-16(9-6-14)35-24(27)28/h5-12,21,24H,4H2,1-3H3/b19-11+/t21-/m1/s1. The van der Waals surface area contributed by atoms with Gasteiger partial charge in [-0.2, -0.15) is 8.78 Å². The van der Waals surface area contributed by atoms with Crippen molar-refractivity contribution >= 4 is 39.3 Å². The molecule has 0 amide bonds. The van der Waals surface area contributed by atoms with Crippen LogP contribution in [-0.2, 0) is 9.53 Å². The molecular weight excluding hydrogens is 558 g/mol. The number of carbonyl (C=O) groups is 1. The fourth-order valence-electron chi connectivity index (χ4n) is 3.86. The Morgan fingerprint density at radius 3 is 2.58 bits per heavy atom. The van der Waals surface area contributed by atoms with Gasteiger partial charge in [0.2, 0.25) is 0 Å². The number of hydrogen-bond donors (Lipinski definition) is 0. The molecule has 4 rings (SSSR count). The molecule has 3 aromatic rings. The molecule has 0 bridgehead atoms. The summed E-state index contributed by atoms with van der Waals surface area (Å²) in [5.41, 5.74) is 1.65. The summed E-state index contributed by atoms with van der Waals surface area (Å²) in [7, 11) is 1.54. The average molecular weight is 579 g/mol. The fourth-order valence-corrected chi connectivity index (χ4v) is 5.46. The van der Waals surface area contributed by atoms with Crippen LogP contribution in [0.1, 0.15) is 31.0 Å². The number of fused-ring (bicyclic) bond motifs is 1. The van der Waals surface area contributed by atoms with Gasteiger partial charge in [0.05, 0.1) is 40.0 Å². The lowest BCUT2D eigenvalue weighted by Gasteiger charge is -2.25. The first-order chi connectivity index (χ1) is 17.2. The minimum absolute atomic E-state index is 0.0170. The molecular formula is C25H21BrF2N2O5S. The molecule has 1 aliphatic heterocycles. The van der Waals surface area contributed by atoms with Crippen molar-refractivity contribution in [2.45, 2.75) is 26.5 Å². The topological polar surface area (TPSA) is 79.1 Å². The van der Waals surface area contributed by atoms with Crippen LogP contribution in [0, 0.1) is 0 Å². The van der Waals surface area contributed by atoms with E-state index in [9.17, 15) is 18.4 Å². The SMILES string of the molecule is CCOC(=O)C1=C(C)N=c2s/c(=C/c3ccc(OC(F)F)cc3)c(=O)n2[C@@H]1c1ccc(OC)c(Br)c1. The summed E-state index contributed by atoms with van der Waals surface area (Å²) in [5, 5.41) is 0. The van der Waals surface area contributed by atoms with E-state index in [0.717, 1.165) is 0 Å². The number of aromatic nitrogens is 1. The maximum absolute atomic E-state index is 13.6. The highest BCUT2D eigenvalue weighted by Crippen LogP contribution is 2.35. The number of benzene rings is 2. The van der Waals surface area contributed by atoms with Gasteiger partial charge in [0.15, 0.2) is 4.80 Å². The second kappa shape index (κ2) is 10.8. The highest BCUT2D eigenvalue weighted by molar-refractivity contribution is 9.10. The van der Waals surface area contributed by atoms with Crippen molar-refractivity contribution < 1.29 is 27.8 Å². The van der Waals surface area contributed by atoms with E-state index in [2.05, 4.69) is 25.7 Å². The number of alkyl halides is 2. The molecule has 1 aliphatic rings. The Balaban J connectivity index is 1.87. The minimum atomic E-state index is -2.92. The van der Waals surface area contributed by atoms with Gasteiger partial charge in [-0.3, -0.25) is 9.36 Å². The van der Waals surface area contributed by atoms with E-state index in [4.69, 9.17) is 9.47 Å². The first-order valence-electron chi connectivity index (χ1n) is 10.8. The number of methoxy groups -OCH3 is 1. The molecule has 0 radical (unpaired) electrons. The summed E-state index contributed by atoms with van der Waals surface area (Å²) in [4.78, 5) is 31.5. The van der Waals surface area contributed by atoms with Gasteiger partial charge < -0.3 is 14.2 Å². The fraction of sp³-hybridized carbons (Fsp3) is 0.240. The molecule has 2 aromatic carbocycles. The number of ether oxygens (including phenoxy) is 3. The Bertz CT molecular complexity index is 1510. The van der Waals surface area contributed by atoms with Crippen LogP contribution in [0.3, 0.4) is 0 Å². The lowest BCUT2D eigenvalue weighted by molar-refractivity contribution is -0.139. The number of hydrogen-bond acceptors (Lipinski definition) is 7. The smallest absolute Gasteiger partial charge is 0.387 e. The van der Waals surface area contributed by atoms with Gasteiger partial charge in [0.25, 0.3) is 5.56 Å². The van der Waals surface area contributed by atoms with E-state index in [1.54, 1.807) is 57.4 Å². The number of esters is 1. The van der Waals surface area contributed by atoms with Gasteiger partial charge >= 0.3 is 12.6 Å². The highest BCUT2D eigenvalue weighted by Gasteiger charge is 2.33. The molecule has 11 heteroatoms. The van der Waals surface area contributed by atoms with Gasteiger partial charge in [-0.25, -0.2) is 9.79 Å². The first kappa shape index (κ1) is 25.8. The van der Waals surface area contributed by atoms with E-state index < -0.39 is 18.6 Å². The quantitative estimate of drug-likeness (QED) is 0.393. The maximum atomic E-state index is 13.6. The van der Waals surface area contributed by atoms with E-state index >= 15 is 0 Å². The van der Waals surface area contributed by atoms with Crippen molar-refractivity contribution in [2.24, 2.45) is 4.99 Å². The van der Waals surface area contributed by atoms with E-state index in [1.807, 2.05) is 0 Å². The van der Waals surface area contributed by atoms with Crippen LogP contribution >= 0.6 is 27.3 Å². The lowest BCUT2D eigenvalue weighted by atomic mass is 9.96. The minimum Gasteiger partial charge on any atom is -0.496 e. The summed E-state index contributed by atoms with van der Waals surface area (Å²) in [6, 6.07) is 10.5. The van der Waals surface area contributed by atoms with Crippen LogP contribution in [0.4, 0.5) is 8.78 Å². The number of thiazole rings is 1. The van der Waals surface area contributed by atoms with Crippen molar-refractivity contribution in [3.05, 3.63) is 89.0 Å². The maximum Gasteiger partial charge on any atom is 0.387 e. The lowest BCUT2D eigenvalue weighted by Crippen LogP contribution is -2.39.